The number of carbonyl (C=O) groups is 2. The lowest BCUT2D eigenvalue weighted by Crippen LogP contribution is -2.42. The van der Waals surface area contributed by atoms with Crippen LogP contribution in [0.1, 0.15) is 25.7 Å². The van der Waals surface area contributed by atoms with Crippen molar-refractivity contribution in [2.45, 2.75) is 6.92 Å². The Labute approximate surface area is 134 Å². The molecule has 0 saturated carbocycles. The van der Waals surface area contributed by atoms with Gasteiger partial charge in [-0.2, -0.15) is 5.10 Å². The van der Waals surface area contributed by atoms with Gasteiger partial charge in [0.05, 0.1) is 10.3 Å². The Bertz CT molecular complexity index is 961. The van der Waals surface area contributed by atoms with Crippen LogP contribution in [0.25, 0.3) is 10.8 Å². The zero-order valence-corrected chi connectivity index (χ0v) is 12.9. The molecule has 0 aliphatic carbocycles. The summed E-state index contributed by atoms with van der Waals surface area (Å²) in [5.41, 5.74) is 5.13. The zero-order chi connectivity index (χ0) is 16.4. The van der Waals surface area contributed by atoms with Gasteiger partial charge < -0.3 is 0 Å². The van der Waals surface area contributed by atoms with Gasteiger partial charge in [-0.15, -0.1) is 11.3 Å². The number of aromatic amines is 1. The van der Waals surface area contributed by atoms with E-state index in [2.05, 4.69) is 21.0 Å². The second-order valence-electron chi connectivity index (χ2n) is 4.79. The van der Waals surface area contributed by atoms with Crippen LogP contribution in [0, 0.1) is 6.92 Å². The molecule has 0 bridgehead atoms. The number of rotatable bonds is 2. The van der Waals surface area contributed by atoms with Crippen LogP contribution in [0.3, 0.4) is 0 Å². The van der Waals surface area contributed by atoms with E-state index >= 15 is 0 Å². The predicted molar refractivity (Wildman–Crippen MR) is 86.4 cm³/mol. The van der Waals surface area contributed by atoms with Gasteiger partial charge in [0, 0.05) is 5.39 Å². The maximum absolute atomic E-state index is 12.2. The van der Waals surface area contributed by atoms with Crippen LogP contribution in [0.15, 0.2) is 40.5 Å². The van der Waals surface area contributed by atoms with E-state index in [-0.39, 0.29) is 11.3 Å². The smallest absolute Gasteiger partial charge is 0.267 e. The van der Waals surface area contributed by atoms with Crippen molar-refractivity contribution in [3.8, 4) is 0 Å². The van der Waals surface area contributed by atoms with E-state index in [4.69, 9.17) is 0 Å². The average Bonchev–Trinajstić information content (AvgIpc) is 2.99. The number of benzene rings is 1. The number of hydrazine groups is 1. The van der Waals surface area contributed by atoms with Crippen molar-refractivity contribution in [3.05, 3.63) is 62.2 Å². The van der Waals surface area contributed by atoms with Crippen LogP contribution in [-0.4, -0.2) is 22.0 Å². The number of hydrogen-bond acceptors (Lipinski definition) is 5. The van der Waals surface area contributed by atoms with Gasteiger partial charge in [0.25, 0.3) is 17.4 Å². The topological polar surface area (TPSA) is 104 Å². The number of H-pyrrole nitrogens is 1. The number of hydrogen-bond donors (Lipinski definition) is 3. The fourth-order valence-corrected chi connectivity index (χ4v) is 2.94. The largest absolute Gasteiger partial charge is 0.290 e. The first kappa shape index (κ1) is 14.9. The highest BCUT2D eigenvalue weighted by Crippen LogP contribution is 2.15. The van der Waals surface area contributed by atoms with Gasteiger partial charge in [-0.3, -0.25) is 25.2 Å². The van der Waals surface area contributed by atoms with Crippen molar-refractivity contribution in [2.24, 2.45) is 0 Å². The molecule has 0 unspecified atom stereocenters. The Morgan fingerprint density at radius 1 is 1.09 bits per heavy atom. The number of aryl methyl sites for hydroxylation is 1. The number of amides is 2. The summed E-state index contributed by atoms with van der Waals surface area (Å²) < 4.78 is 0. The fraction of sp³-hybridized carbons (Fsp3) is 0.0667. The minimum absolute atomic E-state index is 0.0309. The molecule has 0 aliphatic heterocycles. The third kappa shape index (κ3) is 2.84. The van der Waals surface area contributed by atoms with Crippen molar-refractivity contribution in [3.63, 3.8) is 0 Å². The van der Waals surface area contributed by atoms with Gasteiger partial charge in [0.2, 0.25) is 0 Å². The quantitative estimate of drug-likeness (QED) is 0.618. The van der Waals surface area contributed by atoms with Gasteiger partial charge in [0.15, 0.2) is 5.69 Å². The molecule has 0 aliphatic rings. The summed E-state index contributed by atoms with van der Waals surface area (Å²) in [6, 6.07) is 8.44. The van der Waals surface area contributed by atoms with E-state index in [1.165, 1.54) is 11.3 Å². The van der Waals surface area contributed by atoms with Crippen LogP contribution in [-0.2, 0) is 0 Å². The molecule has 116 valence electrons. The Morgan fingerprint density at radius 2 is 1.78 bits per heavy atom. The lowest BCUT2D eigenvalue weighted by atomic mass is 10.1. The van der Waals surface area contributed by atoms with Crippen LogP contribution in [0.2, 0.25) is 0 Å². The number of nitrogens with one attached hydrogen (secondary N) is 3. The number of carbonyl (C=O) groups excluding carboxylic acids is 2. The van der Waals surface area contributed by atoms with Crippen molar-refractivity contribution >= 4 is 33.9 Å². The van der Waals surface area contributed by atoms with Gasteiger partial charge in [-0.05, 0) is 30.0 Å². The number of thiophene rings is 1. The third-order valence-electron chi connectivity index (χ3n) is 3.27. The molecule has 23 heavy (non-hydrogen) atoms. The number of aromatic nitrogens is 2. The van der Waals surface area contributed by atoms with Gasteiger partial charge in [-0.25, -0.2) is 5.10 Å². The van der Waals surface area contributed by atoms with Gasteiger partial charge in [0.1, 0.15) is 0 Å². The van der Waals surface area contributed by atoms with Crippen LogP contribution >= 0.6 is 11.3 Å². The maximum atomic E-state index is 12.2. The molecule has 3 aromatic rings. The highest BCUT2D eigenvalue weighted by molar-refractivity contribution is 7.12. The Hall–Kier alpha value is -3.00. The summed E-state index contributed by atoms with van der Waals surface area (Å²) in [6.07, 6.45) is 0. The highest BCUT2D eigenvalue weighted by Gasteiger charge is 2.16. The Morgan fingerprint density at radius 3 is 2.48 bits per heavy atom. The molecular formula is C15H12N4O3S. The molecule has 8 heteroatoms. The van der Waals surface area contributed by atoms with Crippen molar-refractivity contribution in [1.29, 1.82) is 0 Å². The van der Waals surface area contributed by atoms with Crippen LogP contribution < -0.4 is 16.4 Å². The third-order valence-corrected chi connectivity index (χ3v) is 4.28. The van der Waals surface area contributed by atoms with Crippen molar-refractivity contribution in [2.75, 3.05) is 0 Å². The monoisotopic (exact) mass is 328 g/mol. The number of nitrogens with zero attached hydrogens (tertiary/aromatic N) is 1. The molecule has 2 aromatic heterocycles. The first-order chi connectivity index (χ1) is 11.1. The summed E-state index contributed by atoms with van der Waals surface area (Å²) in [7, 11) is 0. The summed E-state index contributed by atoms with van der Waals surface area (Å²) in [6.45, 7) is 1.81. The molecule has 0 fully saturated rings. The second-order valence-corrected chi connectivity index (χ2v) is 5.70. The normalized spacial score (nSPS) is 10.5. The van der Waals surface area contributed by atoms with E-state index < -0.39 is 11.8 Å². The van der Waals surface area contributed by atoms with Gasteiger partial charge >= 0.3 is 0 Å². The molecule has 3 rings (SSSR count). The molecule has 0 spiro atoms. The Kier molecular flexibility index (Phi) is 3.90. The molecule has 2 heterocycles. The molecule has 0 saturated heterocycles. The minimum Gasteiger partial charge on any atom is -0.267 e. The first-order valence-corrected chi connectivity index (χ1v) is 7.58. The van der Waals surface area contributed by atoms with Crippen molar-refractivity contribution in [1.82, 2.24) is 21.0 Å². The summed E-state index contributed by atoms with van der Waals surface area (Å²) >= 11 is 1.28. The molecule has 0 radical (unpaired) electrons. The summed E-state index contributed by atoms with van der Waals surface area (Å²) in [5.74, 6) is -1.01. The molecule has 1 aromatic carbocycles. The van der Waals surface area contributed by atoms with E-state index in [9.17, 15) is 14.4 Å². The molecule has 2 amide bonds. The van der Waals surface area contributed by atoms with Gasteiger partial charge in [-0.1, -0.05) is 18.2 Å². The minimum atomic E-state index is -0.611. The standard InChI is InChI=1S/C15H12N4O3S/c1-8-6-7-23-12(8)15(22)19-18-14(21)11-9-4-2-3-5-10(9)13(20)17-16-11/h2-7H,1H3,(H,17,20)(H,18,21)(H,19,22). The molecular weight excluding hydrogens is 316 g/mol. The molecule has 7 nitrogen and oxygen atoms in total. The molecule has 0 atom stereocenters. The van der Waals surface area contributed by atoms with Crippen molar-refractivity contribution < 1.29 is 9.59 Å². The summed E-state index contributed by atoms with van der Waals surface area (Å²) in [4.78, 5) is 36.4. The van der Waals surface area contributed by atoms with Crippen LogP contribution in [0.5, 0.6) is 0 Å². The van der Waals surface area contributed by atoms with E-state index in [0.717, 1.165) is 5.56 Å². The van der Waals surface area contributed by atoms with E-state index in [1.807, 2.05) is 13.0 Å². The fourth-order valence-electron chi connectivity index (χ4n) is 2.12. The summed E-state index contributed by atoms with van der Waals surface area (Å²) in [5, 5.41) is 8.60. The van der Waals surface area contributed by atoms with Crippen LogP contribution in [0.4, 0.5) is 0 Å². The maximum Gasteiger partial charge on any atom is 0.290 e. The predicted octanol–water partition coefficient (Wildman–Crippen LogP) is 1.37. The lowest BCUT2D eigenvalue weighted by molar-refractivity contribution is 0.0846. The molecule has 3 N–H and O–H groups in total. The lowest BCUT2D eigenvalue weighted by Gasteiger charge is -2.08. The van der Waals surface area contributed by atoms with E-state index in [0.29, 0.717) is 15.6 Å². The zero-order valence-electron chi connectivity index (χ0n) is 12.0. The second kappa shape index (κ2) is 6.01. The first-order valence-electron chi connectivity index (χ1n) is 6.70. The average molecular weight is 328 g/mol. The number of fused-ring (bicyclic) bond motifs is 1. The SMILES string of the molecule is Cc1ccsc1C(=O)NNC(=O)c1n[nH]c(=O)c2ccccc12. The highest BCUT2D eigenvalue weighted by atomic mass is 32.1. The Balaban J connectivity index is 1.82. The van der Waals surface area contributed by atoms with E-state index in [1.54, 1.807) is 29.6 Å².